The standard InChI is InChI=1S/C24H33N3O4/c1-26(16-20-4-3-11-25-14-20)15-19-5-7-23(8-6-19)31-18-22(28)17-27-12-9-21(10-13-27)24(29)30-2/h3-8,11,14,21-22,28H,9-10,12-13,15-18H2,1-2H3/t22-/m0/s1. The van der Waals surface area contributed by atoms with Gasteiger partial charge in [0.05, 0.1) is 13.0 Å². The smallest absolute Gasteiger partial charge is 0.308 e. The van der Waals surface area contributed by atoms with E-state index in [0.29, 0.717) is 6.54 Å². The maximum atomic E-state index is 11.6. The highest BCUT2D eigenvalue weighted by Crippen LogP contribution is 2.19. The molecule has 0 saturated carbocycles. The van der Waals surface area contributed by atoms with Crippen LogP contribution in [0.2, 0.25) is 0 Å². The Hall–Kier alpha value is -2.48. The van der Waals surface area contributed by atoms with E-state index in [-0.39, 0.29) is 18.5 Å². The molecular weight excluding hydrogens is 394 g/mol. The highest BCUT2D eigenvalue weighted by atomic mass is 16.5. The fraction of sp³-hybridized carbons (Fsp3) is 0.500. The molecular formula is C24H33N3O4. The Morgan fingerprint density at radius 3 is 2.55 bits per heavy atom. The number of hydrogen-bond acceptors (Lipinski definition) is 7. The predicted molar refractivity (Wildman–Crippen MR) is 119 cm³/mol. The molecule has 1 aliphatic heterocycles. The average Bonchev–Trinajstić information content (AvgIpc) is 2.79. The first kappa shape index (κ1) is 23.2. The molecule has 1 saturated heterocycles. The second-order valence-electron chi connectivity index (χ2n) is 8.24. The van der Waals surface area contributed by atoms with Crippen LogP contribution in [0.25, 0.3) is 0 Å². The second-order valence-corrected chi connectivity index (χ2v) is 8.24. The van der Waals surface area contributed by atoms with Crippen molar-refractivity contribution in [1.82, 2.24) is 14.8 Å². The third-order valence-corrected chi connectivity index (χ3v) is 5.58. The van der Waals surface area contributed by atoms with Crippen molar-refractivity contribution in [3.8, 4) is 5.75 Å². The molecule has 1 N–H and O–H groups in total. The van der Waals surface area contributed by atoms with Gasteiger partial charge in [-0.3, -0.25) is 14.7 Å². The van der Waals surface area contributed by atoms with Crippen LogP contribution in [0.1, 0.15) is 24.0 Å². The van der Waals surface area contributed by atoms with Crippen LogP contribution in [0.15, 0.2) is 48.8 Å². The van der Waals surface area contributed by atoms with Gasteiger partial charge in [-0.25, -0.2) is 0 Å². The number of aliphatic hydroxyl groups is 1. The summed E-state index contributed by atoms with van der Waals surface area (Å²) in [5.74, 6) is 0.605. The van der Waals surface area contributed by atoms with Crippen molar-refractivity contribution in [1.29, 1.82) is 0 Å². The van der Waals surface area contributed by atoms with Crippen LogP contribution in [0.5, 0.6) is 5.75 Å². The van der Waals surface area contributed by atoms with Crippen molar-refractivity contribution >= 4 is 5.97 Å². The first-order valence-corrected chi connectivity index (χ1v) is 10.8. The van der Waals surface area contributed by atoms with Crippen molar-refractivity contribution in [2.45, 2.75) is 32.0 Å². The fourth-order valence-corrected chi connectivity index (χ4v) is 3.92. The number of ether oxygens (including phenoxy) is 2. The summed E-state index contributed by atoms with van der Waals surface area (Å²) in [6.45, 7) is 4.05. The third-order valence-electron chi connectivity index (χ3n) is 5.58. The Balaban J connectivity index is 1.36. The quantitative estimate of drug-likeness (QED) is 0.583. The van der Waals surface area contributed by atoms with E-state index in [9.17, 15) is 9.90 Å². The summed E-state index contributed by atoms with van der Waals surface area (Å²) in [7, 11) is 3.52. The van der Waals surface area contributed by atoms with Crippen LogP contribution >= 0.6 is 0 Å². The zero-order valence-corrected chi connectivity index (χ0v) is 18.4. The molecule has 0 radical (unpaired) electrons. The number of methoxy groups -OCH3 is 1. The SMILES string of the molecule is COC(=O)C1CCN(C[C@H](O)COc2ccc(CN(C)Cc3cccnc3)cc2)CC1. The number of esters is 1. The van der Waals surface area contributed by atoms with Gasteiger partial charge in [0.1, 0.15) is 18.5 Å². The molecule has 0 bridgehead atoms. The molecule has 1 aromatic heterocycles. The number of piperidine rings is 1. The van der Waals surface area contributed by atoms with Gasteiger partial charge in [-0.2, -0.15) is 0 Å². The maximum absolute atomic E-state index is 11.6. The maximum Gasteiger partial charge on any atom is 0.308 e. The largest absolute Gasteiger partial charge is 0.491 e. The normalized spacial score (nSPS) is 16.3. The van der Waals surface area contributed by atoms with E-state index in [1.807, 2.05) is 24.4 Å². The summed E-state index contributed by atoms with van der Waals surface area (Å²) in [6.07, 6.45) is 4.65. The average molecular weight is 428 g/mol. The van der Waals surface area contributed by atoms with Gasteiger partial charge >= 0.3 is 5.97 Å². The molecule has 7 nitrogen and oxygen atoms in total. The summed E-state index contributed by atoms with van der Waals surface area (Å²) in [6, 6.07) is 12.0. The number of benzene rings is 1. The van der Waals surface area contributed by atoms with Gasteiger partial charge in [-0.05, 0) is 62.3 Å². The number of pyridine rings is 1. The zero-order chi connectivity index (χ0) is 22.1. The van der Waals surface area contributed by atoms with Crippen LogP contribution in [-0.2, 0) is 22.6 Å². The lowest BCUT2D eigenvalue weighted by atomic mass is 9.97. The van der Waals surface area contributed by atoms with E-state index >= 15 is 0 Å². The van der Waals surface area contributed by atoms with Gasteiger partial charge in [0.15, 0.2) is 0 Å². The van der Waals surface area contributed by atoms with Crippen molar-refractivity contribution in [2.24, 2.45) is 5.92 Å². The van der Waals surface area contributed by atoms with Gasteiger partial charge in [0.2, 0.25) is 0 Å². The van der Waals surface area contributed by atoms with Gasteiger partial charge in [0, 0.05) is 32.0 Å². The second kappa shape index (κ2) is 11.8. The van der Waals surface area contributed by atoms with Gasteiger partial charge in [-0.1, -0.05) is 18.2 Å². The van der Waals surface area contributed by atoms with Crippen LogP contribution in [-0.4, -0.2) is 72.4 Å². The van der Waals surface area contributed by atoms with Gasteiger partial charge in [0.25, 0.3) is 0 Å². The molecule has 1 aliphatic rings. The molecule has 0 spiro atoms. The zero-order valence-electron chi connectivity index (χ0n) is 18.4. The number of likely N-dealkylation sites (tertiary alicyclic amines) is 1. The molecule has 168 valence electrons. The lowest BCUT2D eigenvalue weighted by molar-refractivity contribution is -0.147. The number of carbonyl (C=O) groups is 1. The minimum Gasteiger partial charge on any atom is -0.491 e. The Morgan fingerprint density at radius 1 is 1.19 bits per heavy atom. The van der Waals surface area contributed by atoms with Crippen molar-refractivity contribution < 1.29 is 19.4 Å². The molecule has 2 aromatic rings. The number of aromatic nitrogens is 1. The molecule has 2 heterocycles. The minimum atomic E-state index is -0.569. The topological polar surface area (TPSA) is 75.1 Å². The molecule has 1 aromatic carbocycles. The van der Waals surface area contributed by atoms with Gasteiger partial charge in [-0.15, -0.1) is 0 Å². The van der Waals surface area contributed by atoms with E-state index in [2.05, 4.69) is 40.0 Å². The Kier molecular flexibility index (Phi) is 8.82. The summed E-state index contributed by atoms with van der Waals surface area (Å²) >= 11 is 0. The molecule has 0 aliphatic carbocycles. The molecule has 7 heteroatoms. The minimum absolute atomic E-state index is 0.0171. The Morgan fingerprint density at radius 2 is 1.90 bits per heavy atom. The number of rotatable bonds is 10. The molecule has 3 rings (SSSR count). The molecule has 0 amide bonds. The Bertz CT molecular complexity index is 792. The van der Waals surface area contributed by atoms with Gasteiger partial charge < -0.3 is 19.5 Å². The van der Waals surface area contributed by atoms with Crippen LogP contribution in [0.3, 0.4) is 0 Å². The monoisotopic (exact) mass is 427 g/mol. The van der Waals surface area contributed by atoms with E-state index < -0.39 is 6.10 Å². The molecule has 0 unspecified atom stereocenters. The number of β-amino-alcohol motifs (C(OH)–C–C–N with tert-alkyl or cyclic N) is 1. The first-order chi connectivity index (χ1) is 15.0. The van der Waals surface area contributed by atoms with Crippen LogP contribution in [0, 0.1) is 5.92 Å². The number of aliphatic hydroxyl groups excluding tert-OH is 1. The Labute approximate surface area is 184 Å². The highest BCUT2D eigenvalue weighted by molar-refractivity contribution is 5.72. The van der Waals surface area contributed by atoms with Crippen molar-refractivity contribution in [3.05, 3.63) is 59.9 Å². The lowest BCUT2D eigenvalue weighted by Crippen LogP contribution is -2.42. The molecule has 1 fully saturated rings. The van der Waals surface area contributed by atoms with E-state index in [1.165, 1.54) is 18.2 Å². The summed E-state index contributed by atoms with van der Waals surface area (Å²) in [5.41, 5.74) is 2.39. The highest BCUT2D eigenvalue weighted by Gasteiger charge is 2.26. The third kappa shape index (κ3) is 7.61. The lowest BCUT2D eigenvalue weighted by Gasteiger charge is -2.31. The van der Waals surface area contributed by atoms with Crippen LogP contribution < -0.4 is 4.74 Å². The molecule has 31 heavy (non-hydrogen) atoms. The molecule has 1 atom stereocenters. The fourth-order valence-electron chi connectivity index (χ4n) is 3.92. The van der Waals surface area contributed by atoms with Crippen molar-refractivity contribution in [3.63, 3.8) is 0 Å². The summed E-state index contributed by atoms with van der Waals surface area (Å²) < 4.78 is 10.6. The van der Waals surface area contributed by atoms with Crippen LogP contribution in [0.4, 0.5) is 0 Å². The van der Waals surface area contributed by atoms with E-state index in [0.717, 1.165) is 44.8 Å². The summed E-state index contributed by atoms with van der Waals surface area (Å²) in [4.78, 5) is 20.2. The summed E-state index contributed by atoms with van der Waals surface area (Å²) in [5, 5.41) is 10.3. The number of carbonyl (C=O) groups excluding carboxylic acids is 1. The van der Waals surface area contributed by atoms with E-state index in [1.54, 1.807) is 6.20 Å². The predicted octanol–water partition coefficient (Wildman–Crippen LogP) is 2.34. The van der Waals surface area contributed by atoms with Crippen molar-refractivity contribution in [2.75, 3.05) is 40.4 Å². The number of nitrogens with zero attached hydrogens (tertiary/aromatic N) is 3. The first-order valence-electron chi connectivity index (χ1n) is 10.8. The van der Waals surface area contributed by atoms with E-state index in [4.69, 9.17) is 9.47 Å². The number of hydrogen-bond donors (Lipinski definition) is 1.